The molecule has 0 bridgehead atoms. The number of benzene rings is 2. The number of carbonyl (C=O) groups is 2. The first-order chi connectivity index (χ1) is 11.4. The molecule has 0 aliphatic carbocycles. The molecule has 0 fully saturated rings. The minimum absolute atomic E-state index is 0.0485. The summed E-state index contributed by atoms with van der Waals surface area (Å²) in [6, 6.07) is 10.4. The number of primary amides is 1. The summed E-state index contributed by atoms with van der Waals surface area (Å²) in [5, 5.41) is 11.3. The third-order valence-electron chi connectivity index (χ3n) is 3.59. The molecule has 2 N–H and O–H groups in total. The Morgan fingerprint density at radius 3 is 2.46 bits per heavy atom. The number of nitrogens with two attached hydrogens (primary N) is 1. The lowest BCUT2D eigenvalue weighted by Gasteiger charge is -2.06. The number of nitro benzene ring substituents is 1. The Morgan fingerprint density at radius 2 is 1.83 bits per heavy atom. The maximum Gasteiger partial charge on any atom is 0.270 e. The molecule has 0 atom stereocenters. The van der Waals surface area contributed by atoms with E-state index in [4.69, 9.17) is 17.3 Å². The van der Waals surface area contributed by atoms with Crippen LogP contribution in [-0.4, -0.2) is 21.3 Å². The quantitative estimate of drug-likeness (QED) is 0.582. The van der Waals surface area contributed by atoms with Gasteiger partial charge in [0.25, 0.3) is 17.5 Å². The van der Waals surface area contributed by atoms with Crippen LogP contribution in [0.3, 0.4) is 0 Å². The predicted octanol–water partition coefficient (Wildman–Crippen LogP) is 2.99. The Morgan fingerprint density at radius 1 is 1.12 bits per heavy atom. The zero-order valence-electron chi connectivity index (χ0n) is 12.1. The number of para-hydroxylation sites is 1. The molecule has 120 valence electrons. The molecule has 0 radical (unpaired) electrons. The average Bonchev–Trinajstić information content (AvgIpc) is 2.94. The van der Waals surface area contributed by atoms with Crippen LogP contribution in [-0.2, 0) is 0 Å². The first-order valence-electron chi connectivity index (χ1n) is 6.78. The molecule has 1 heterocycles. The van der Waals surface area contributed by atoms with E-state index in [9.17, 15) is 19.7 Å². The van der Waals surface area contributed by atoms with E-state index in [1.165, 1.54) is 22.9 Å². The normalized spacial score (nSPS) is 10.7. The van der Waals surface area contributed by atoms with Crippen LogP contribution in [0.5, 0.6) is 0 Å². The van der Waals surface area contributed by atoms with Crippen LogP contribution >= 0.6 is 11.6 Å². The van der Waals surface area contributed by atoms with Crippen molar-refractivity contribution in [3.63, 3.8) is 0 Å². The first kappa shape index (κ1) is 15.7. The molecule has 2 aromatic carbocycles. The van der Waals surface area contributed by atoms with E-state index in [-0.39, 0.29) is 21.8 Å². The molecule has 0 saturated carbocycles. The summed E-state index contributed by atoms with van der Waals surface area (Å²) in [6.07, 6.45) is 1.34. The monoisotopic (exact) mass is 343 g/mol. The molecule has 1 aromatic heterocycles. The van der Waals surface area contributed by atoms with Crippen LogP contribution in [0.1, 0.15) is 20.7 Å². The lowest BCUT2D eigenvalue weighted by Crippen LogP contribution is -2.13. The van der Waals surface area contributed by atoms with E-state index in [0.717, 1.165) is 6.07 Å². The van der Waals surface area contributed by atoms with Crippen molar-refractivity contribution in [1.82, 2.24) is 4.57 Å². The molecule has 0 spiro atoms. The number of halogens is 1. The van der Waals surface area contributed by atoms with Gasteiger partial charge in [0.1, 0.15) is 0 Å². The Hall–Kier alpha value is -3.19. The second-order valence-corrected chi connectivity index (χ2v) is 5.43. The minimum Gasteiger partial charge on any atom is -0.366 e. The summed E-state index contributed by atoms with van der Waals surface area (Å²) < 4.78 is 1.25. The number of fused-ring (bicyclic) bond motifs is 1. The van der Waals surface area contributed by atoms with Gasteiger partial charge in [0.05, 0.1) is 26.6 Å². The number of nitro groups is 1. The second-order valence-electron chi connectivity index (χ2n) is 5.02. The highest BCUT2D eigenvalue weighted by Crippen LogP contribution is 2.26. The maximum atomic E-state index is 12.8. The van der Waals surface area contributed by atoms with Crippen LogP contribution < -0.4 is 5.73 Å². The molecule has 3 aromatic rings. The number of hydrogen-bond acceptors (Lipinski definition) is 4. The van der Waals surface area contributed by atoms with Crippen LogP contribution in [0.15, 0.2) is 48.7 Å². The van der Waals surface area contributed by atoms with Crippen molar-refractivity contribution in [2.45, 2.75) is 0 Å². The van der Waals surface area contributed by atoms with Crippen molar-refractivity contribution < 1.29 is 14.5 Å². The van der Waals surface area contributed by atoms with Gasteiger partial charge < -0.3 is 5.73 Å². The van der Waals surface area contributed by atoms with Gasteiger partial charge in [0.15, 0.2) is 0 Å². The number of aromatic nitrogens is 1. The van der Waals surface area contributed by atoms with E-state index in [2.05, 4.69) is 0 Å². The van der Waals surface area contributed by atoms with Crippen molar-refractivity contribution in [3.05, 3.63) is 74.9 Å². The summed E-state index contributed by atoms with van der Waals surface area (Å²) >= 11 is 6.01. The molecular weight excluding hydrogens is 334 g/mol. The van der Waals surface area contributed by atoms with Gasteiger partial charge in [-0.15, -0.1) is 0 Å². The first-order valence-corrected chi connectivity index (χ1v) is 7.16. The fourth-order valence-electron chi connectivity index (χ4n) is 2.46. The second kappa shape index (κ2) is 5.78. The fourth-order valence-corrected chi connectivity index (χ4v) is 2.72. The number of non-ortho nitro benzene ring substituents is 1. The fraction of sp³-hybridized carbons (Fsp3) is 0. The van der Waals surface area contributed by atoms with Crippen LogP contribution in [0.25, 0.3) is 10.9 Å². The van der Waals surface area contributed by atoms with Gasteiger partial charge in [-0.25, -0.2) is 0 Å². The molecule has 3 rings (SSSR count). The maximum absolute atomic E-state index is 12.8. The summed E-state index contributed by atoms with van der Waals surface area (Å²) in [6.45, 7) is 0. The summed E-state index contributed by atoms with van der Waals surface area (Å²) in [4.78, 5) is 34.5. The minimum atomic E-state index is -0.660. The Labute approximate surface area is 140 Å². The number of rotatable bonds is 3. The highest BCUT2D eigenvalue weighted by Gasteiger charge is 2.20. The lowest BCUT2D eigenvalue weighted by molar-refractivity contribution is -0.384. The third-order valence-corrected chi connectivity index (χ3v) is 3.90. The number of amides is 1. The van der Waals surface area contributed by atoms with Gasteiger partial charge in [-0.1, -0.05) is 29.8 Å². The number of nitrogens with zero attached hydrogens (tertiary/aromatic N) is 2. The molecule has 0 aliphatic rings. The van der Waals surface area contributed by atoms with Gasteiger partial charge in [-0.05, 0) is 12.1 Å². The van der Waals surface area contributed by atoms with E-state index in [1.807, 2.05) is 0 Å². The highest BCUT2D eigenvalue weighted by molar-refractivity contribution is 6.34. The van der Waals surface area contributed by atoms with Gasteiger partial charge in [-0.3, -0.25) is 24.3 Å². The van der Waals surface area contributed by atoms with Gasteiger partial charge in [-0.2, -0.15) is 0 Å². The van der Waals surface area contributed by atoms with Crippen LogP contribution in [0, 0.1) is 10.1 Å². The van der Waals surface area contributed by atoms with E-state index < -0.39 is 16.7 Å². The number of hydrogen-bond donors (Lipinski definition) is 1. The number of carbonyl (C=O) groups excluding carboxylic acids is 2. The highest BCUT2D eigenvalue weighted by atomic mass is 35.5. The van der Waals surface area contributed by atoms with Crippen molar-refractivity contribution in [3.8, 4) is 0 Å². The smallest absolute Gasteiger partial charge is 0.270 e. The zero-order valence-corrected chi connectivity index (χ0v) is 12.9. The predicted molar refractivity (Wildman–Crippen MR) is 88.3 cm³/mol. The van der Waals surface area contributed by atoms with Gasteiger partial charge >= 0.3 is 0 Å². The molecule has 24 heavy (non-hydrogen) atoms. The molecule has 8 heteroatoms. The van der Waals surface area contributed by atoms with E-state index >= 15 is 0 Å². The average molecular weight is 344 g/mol. The summed E-state index contributed by atoms with van der Waals surface area (Å²) in [7, 11) is 0. The molecule has 0 aliphatic heterocycles. The van der Waals surface area contributed by atoms with Crippen LogP contribution in [0.2, 0.25) is 5.02 Å². The molecule has 7 nitrogen and oxygen atoms in total. The lowest BCUT2D eigenvalue weighted by atomic mass is 10.1. The summed E-state index contributed by atoms with van der Waals surface area (Å²) in [5.41, 5.74) is 5.91. The summed E-state index contributed by atoms with van der Waals surface area (Å²) in [5.74, 6) is -1.17. The Bertz CT molecular complexity index is 1010. The van der Waals surface area contributed by atoms with Gasteiger partial charge in [0.2, 0.25) is 0 Å². The van der Waals surface area contributed by atoms with Crippen molar-refractivity contribution in [2.24, 2.45) is 5.73 Å². The molecule has 0 unspecified atom stereocenters. The van der Waals surface area contributed by atoms with E-state index in [1.54, 1.807) is 24.3 Å². The topological polar surface area (TPSA) is 108 Å². The zero-order chi connectivity index (χ0) is 17.4. The van der Waals surface area contributed by atoms with Crippen LogP contribution in [0.4, 0.5) is 5.69 Å². The van der Waals surface area contributed by atoms with Crippen molar-refractivity contribution >= 4 is 40.0 Å². The molecular formula is C16H10ClN3O4. The third kappa shape index (κ3) is 2.50. The van der Waals surface area contributed by atoms with Crippen molar-refractivity contribution in [2.75, 3.05) is 0 Å². The Kier molecular flexibility index (Phi) is 3.78. The molecule has 0 saturated heterocycles. The van der Waals surface area contributed by atoms with Crippen molar-refractivity contribution in [1.29, 1.82) is 0 Å². The SMILES string of the molecule is NC(=O)c1cn(C(=O)c2ccc([N+](=O)[O-])cc2Cl)c2ccccc12. The Balaban J connectivity index is 2.16. The largest absolute Gasteiger partial charge is 0.366 e. The molecule has 1 amide bonds. The van der Waals surface area contributed by atoms with Gasteiger partial charge in [0, 0.05) is 23.7 Å². The standard InChI is InChI=1S/C16H10ClN3O4/c17-13-7-9(20(23)24)5-6-11(13)16(22)19-8-12(15(18)21)10-3-1-2-4-14(10)19/h1-8H,(H2,18,21). The van der Waals surface area contributed by atoms with E-state index in [0.29, 0.717) is 10.9 Å².